The maximum Gasteiger partial charge on any atom is 0.326 e. The summed E-state index contributed by atoms with van der Waals surface area (Å²) in [5.74, 6) is -2.05. The zero-order valence-corrected chi connectivity index (χ0v) is 14.9. The van der Waals surface area contributed by atoms with Crippen LogP contribution in [0.5, 0.6) is 0 Å². The molecule has 0 aromatic carbocycles. The second kappa shape index (κ2) is 10.6. The standard InChI is InChI=1S/C16H29N3O5/c1-5-16(3,4)15(24)17-9-7-6-8-12(14(22)23)19-13(21)10-18-11(2)20/h12H,5-10H2,1-4H3,(H,17,24)(H,18,20)(H,19,21)(H,22,23). The van der Waals surface area contributed by atoms with Gasteiger partial charge in [0.15, 0.2) is 0 Å². The van der Waals surface area contributed by atoms with Gasteiger partial charge in [-0.05, 0) is 25.7 Å². The largest absolute Gasteiger partial charge is 0.480 e. The number of hydrogen-bond donors (Lipinski definition) is 4. The number of amides is 3. The molecule has 0 saturated carbocycles. The summed E-state index contributed by atoms with van der Waals surface area (Å²) in [5, 5.41) is 16.6. The van der Waals surface area contributed by atoms with Crippen molar-refractivity contribution in [3.05, 3.63) is 0 Å². The van der Waals surface area contributed by atoms with Crippen LogP contribution in [-0.2, 0) is 19.2 Å². The van der Waals surface area contributed by atoms with Gasteiger partial charge in [-0.25, -0.2) is 4.79 Å². The third-order valence-electron chi connectivity index (χ3n) is 3.83. The van der Waals surface area contributed by atoms with E-state index in [1.54, 1.807) is 0 Å². The predicted molar refractivity (Wildman–Crippen MR) is 89.2 cm³/mol. The number of carboxylic acid groups (broad SMARTS) is 1. The van der Waals surface area contributed by atoms with Gasteiger partial charge in [0, 0.05) is 18.9 Å². The predicted octanol–water partition coefficient (Wildman–Crippen LogP) is 0.415. The van der Waals surface area contributed by atoms with E-state index in [1.807, 2.05) is 20.8 Å². The van der Waals surface area contributed by atoms with E-state index in [0.717, 1.165) is 6.42 Å². The molecule has 4 N–H and O–H groups in total. The fourth-order valence-electron chi connectivity index (χ4n) is 1.78. The molecule has 0 fully saturated rings. The molecule has 0 bridgehead atoms. The zero-order chi connectivity index (χ0) is 18.8. The topological polar surface area (TPSA) is 125 Å². The van der Waals surface area contributed by atoms with Gasteiger partial charge in [0.05, 0.1) is 6.54 Å². The summed E-state index contributed by atoms with van der Waals surface area (Å²) in [6.07, 6.45) is 2.16. The Hall–Kier alpha value is -2.12. The SMILES string of the molecule is CCC(C)(C)C(=O)NCCCCC(NC(=O)CNC(C)=O)C(=O)O. The average Bonchev–Trinajstić information content (AvgIpc) is 2.50. The molecule has 1 atom stereocenters. The van der Waals surface area contributed by atoms with E-state index < -0.39 is 23.3 Å². The highest BCUT2D eigenvalue weighted by Crippen LogP contribution is 2.19. The second-order valence-electron chi connectivity index (χ2n) is 6.36. The lowest BCUT2D eigenvalue weighted by molar-refractivity contribution is -0.142. The molecular weight excluding hydrogens is 314 g/mol. The molecule has 0 aliphatic carbocycles. The fraction of sp³-hybridized carbons (Fsp3) is 0.750. The minimum Gasteiger partial charge on any atom is -0.480 e. The van der Waals surface area contributed by atoms with Crippen LogP contribution >= 0.6 is 0 Å². The molecule has 1 unspecified atom stereocenters. The fourth-order valence-corrected chi connectivity index (χ4v) is 1.78. The van der Waals surface area contributed by atoms with E-state index in [1.165, 1.54) is 6.92 Å². The van der Waals surface area contributed by atoms with Crippen LogP contribution in [-0.4, -0.2) is 47.9 Å². The Morgan fingerprint density at radius 1 is 1.08 bits per heavy atom. The van der Waals surface area contributed by atoms with Crippen molar-refractivity contribution in [2.45, 2.75) is 59.4 Å². The first kappa shape index (κ1) is 21.9. The third kappa shape index (κ3) is 9.12. The first-order valence-electron chi connectivity index (χ1n) is 8.15. The van der Waals surface area contributed by atoms with Crippen LogP contribution in [0, 0.1) is 5.41 Å². The van der Waals surface area contributed by atoms with Gasteiger partial charge in [0.1, 0.15) is 6.04 Å². The smallest absolute Gasteiger partial charge is 0.326 e. The summed E-state index contributed by atoms with van der Waals surface area (Å²) in [6, 6.07) is -1.01. The number of carbonyl (C=O) groups is 4. The summed E-state index contributed by atoms with van der Waals surface area (Å²) >= 11 is 0. The molecule has 0 heterocycles. The van der Waals surface area contributed by atoms with E-state index in [4.69, 9.17) is 5.11 Å². The molecular formula is C16H29N3O5. The van der Waals surface area contributed by atoms with Crippen LogP contribution < -0.4 is 16.0 Å². The van der Waals surface area contributed by atoms with Crippen molar-refractivity contribution in [3.63, 3.8) is 0 Å². The number of hydrogen-bond acceptors (Lipinski definition) is 4. The zero-order valence-electron chi connectivity index (χ0n) is 14.9. The van der Waals surface area contributed by atoms with Crippen LogP contribution in [0.4, 0.5) is 0 Å². The number of nitrogens with one attached hydrogen (secondary N) is 3. The lowest BCUT2D eigenvalue weighted by atomic mass is 9.89. The van der Waals surface area contributed by atoms with Crippen LogP contribution in [0.15, 0.2) is 0 Å². The lowest BCUT2D eigenvalue weighted by Crippen LogP contribution is -2.45. The van der Waals surface area contributed by atoms with Crippen molar-refractivity contribution in [1.29, 1.82) is 0 Å². The van der Waals surface area contributed by atoms with Crippen LogP contribution in [0.2, 0.25) is 0 Å². The minimum absolute atomic E-state index is 0.0246. The van der Waals surface area contributed by atoms with Gasteiger partial charge in [-0.1, -0.05) is 20.8 Å². The summed E-state index contributed by atoms with van der Waals surface area (Å²) in [5.41, 5.74) is -0.415. The molecule has 0 rings (SSSR count). The Morgan fingerprint density at radius 2 is 1.71 bits per heavy atom. The maximum absolute atomic E-state index is 11.9. The van der Waals surface area contributed by atoms with Gasteiger partial charge in [0.2, 0.25) is 17.7 Å². The van der Waals surface area contributed by atoms with Crippen LogP contribution in [0.25, 0.3) is 0 Å². The summed E-state index contributed by atoms with van der Waals surface area (Å²) < 4.78 is 0. The Kier molecular flexibility index (Phi) is 9.68. The molecule has 0 aromatic heterocycles. The molecule has 3 amide bonds. The van der Waals surface area contributed by atoms with Crippen molar-refractivity contribution >= 4 is 23.7 Å². The van der Waals surface area contributed by atoms with E-state index in [2.05, 4.69) is 16.0 Å². The Bertz CT molecular complexity index is 463. The first-order valence-corrected chi connectivity index (χ1v) is 8.15. The minimum atomic E-state index is -1.12. The molecule has 8 heteroatoms. The van der Waals surface area contributed by atoms with Gasteiger partial charge in [-0.3, -0.25) is 14.4 Å². The van der Waals surface area contributed by atoms with Crippen LogP contribution in [0.3, 0.4) is 0 Å². The van der Waals surface area contributed by atoms with Gasteiger partial charge < -0.3 is 21.1 Å². The second-order valence-corrected chi connectivity index (χ2v) is 6.36. The average molecular weight is 343 g/mol. The normalized spacial score (nSPS) is 12.2. The van der Waals surface area contributed by atoms with E-state index in [-0.39, 0.29) is 24.8 Å². The number of unbranched alkanes of at least 4 members (excludes halogenated alkanes) is 1. The van der Waals surface area contributed by atoms with E-state index in [0.29, 0.717) is 19.4 Å². The van der Waals surface area contributed by atoms with E-state index >= 15 is 0 Å². The Morgan fingerprint density at radius 3 is 2.21 bits per heavy atom. The highest BCUT2D eigenvalue weighted by Gasteiger charge is 2.24. The monoisotopic (exact) mass is 343 g/mol. The van der Waals surface area contributed by atoms with Crippen molar-refractivity contribution in [1.82, 2.24) is 16.0 Å². The first-order chi connectivity index (χ1) is 11.1. The van der Waals surface area contributed by atoms with Gasteiger partial charge in [-0.15, -0.1) is 0 Å². The van der Waals surface area contributed by atoms with Crippen LogP contribution in [0.1, 0.15) is 53.4 Å². The molecule has 0 aliphatic rings. The third-order valence-corrected chi connectivity index (χ3v) is 3.83. The number of rotatable bonds is 11. The highest BCUT2D eigenvalue weighted by atomic mass is 16.4. The quantitative estimate of drug-likeness (QED) is 0.405. The molecule has 138 valence electrons. The van der Waals surface area contributed by atoms with Crippen molar-refractivity contribution in [2.24, 2.45) is 5.41 Å². The summed E-state index contributed by atoms with van der Waals surface area (Å²) in [7, 11) is 0. The van der Waals surface area contributed by atoms with E-state index in [9.17, 15) is 19.2 Å². The number of aliphatic carboxylic acids is 1. The number of carbonyl (C=O) groups excluding carboxylic acids is 3. The van der Waals surface area contributed by atoms with Crippen molar-refractivity contribution in [3.8, 4) is 0 Å². The highest BCUT2D eigenvalue weighted by molar-refractivity contribution is 5.87. The molecule has 0 spiro atoms. The molecule has 0 aromatic rings. The Balaban J connectivity index is 4.10. The molecule has 0 radical (unpaired) electrons. The Labute approximate surface area is 142 Å². The molecule has 8 nitrogen and oxygen atoms in total. The summed E-state index contributed by atoms with van der Waals surface area (Å²) in [4.78, 5) is 45.3. The maximum atomic E-state index is 11.9. The summed E-state index contributed by atoms with van der Waals surface area (Å²) in [6.45, 7) is 7.17. The molecule has 24 heavy (non-hydrogen) atoms. The number of carboxylic acids is 1. The molecule has 0 saturated heterocycles. The van der Waals surface area contributed by atoms with Gasteiger partial charge in [-0.2, -0.15) is 0 Å². The molecule has 0 aliphatic heterocycles. The lowest BCUT2D eigenvalue weighted by Gasteiger charge is -2.21. The van der Waals surface area contributed by atoms with Crippen molar-refractivity contribution in [2.75, 3.05) is 13.1 Å². The van der Waals surface area contributed by atoms with Gasteiger partial charge in [0.25, 0.3) is 0 Å². The van der Waals surface area contributed by atoms with Crippen molar-refractivity contribution < 1.29 is 24.3 Å². The van der Waals surface area contributed by atoms with Gasteiger partial charge >= 0.3 is 5.97 Å².